The van der Waals surface area contributed by atoms with Crippen molar-refractivity contribution in [3.63, 3.8) is 0 Å². The monoisotopic (exact) mass is 317 g/mol. The van der Waals surface area contributed by atoms with Crippen molar-refractivity contribution in [2.45, 2.75) is 19.8 Å². The van der Waals surface area contributed by atoms with Crippen LogP contribution < -0.4 is 10.1 Å². The Labute approximate surface area is 136 Å². The van der Waals surface area contributed by atoms with E-state index in [1.165, 1.54) is 5.56 Å². The van der Waals surface area contributed by atoms with Crippen LogP contribution in [-0.2, 0) is 4.79 Å². The first kappa shape index (κ1) is 16.4. The molecule has 4 heteroatoms. The lowest BCUT2D eigenvalue weighted by Gasteiger charge is -2.14. The number of rotatable bonds is 6. The van der Waals surface area contributed by atoms with Gasteiger partial charge in [0.05, 0.1) is 5.02 Å². The third-order valence-corrected chi connectivity index (χ3v) is 3.73. The molecule has 0 bridgehead atoms. The fraction of sp³-hybridized carbons (Fsp3) is 0.278. The van der Waals surface area contributed by atoms with Crippen molar-refractivity contribution < 1.29 is 9.53 Å². The minimum atomic E-state index is -0.152. The van der Waals surface area contributed by atoms with Crippen LogP contribution in [0.5, 0.6) is 5.75 Å². The lowest BCUT2D eigenvalue weighted by molar-refractivity contribution is -0.123. The van der Waals surface area contributed by atoms with E-state index in [2.05, 4.69) is 24.4 Å². The second-order valence-electron chi connectivity index (χ2n) is 5.34. The van der Waals surface area contributed by atoms with Crippen molar-refractivity contribution in [3.8, 4) is 5.75 Å². The van der Waals surface area contributed by atoms with Crippen molar-refractivity contribution in [2.24, 2.45) is 0 Å². The lowest BCUT2D eigenvalue weighted by atomic mass is 10.0. The zero-order chi connectivity index (χ0) is 15.9. The smallest absolute Gasteiger partial charge is 0.257 e. The van der Waals surface area contributed by atoms with E-state index in [-0.39, 0.29) is 18.4 Å². The highest BCUT2D eigenvalue weighted by molar-refractivity contribution is 6.32. The molecular weight excluding hydrogens is 298 g/mol. The van der Waals surface area contributed by atoms with Crippen LogP contribution in [0, 0.1) is 6.92 Å². The molecule has 1 amide bonds. The Hall–Kier alpha value is -2.00. The number of carbonyl (C=O) groups excluding carboxylic acids is 1. The van der Waals surface area contributed by atoms with Crippen LogP contribution >= 0.6 is 11.6 Å². The molecule has 1 atom stereocenters. The summed E-state index contributed by atoms with van der Waals surface area (Å²) in [5.74, 6) is 0.640. The molecule has 2 rings (SSSR count). The Morgan fingerprint density at radius 3 is 2.68 bits per heavy atom. The summed E-state index contributed by atoms with van der Waals surface area (Å²) in [7, 11) is 0. The minimum absolute atomic E-state index is 0.0370. The summed E-state index contributed by atoms with van der Waals surface area (Å²) >= 11 is 6.03. The quantitative estimate of drug-likeness (QED) is 0.876. The number of halogens is 1. The summed E-state index contributed by atoms with van der Waals surface area (Å²) in [6.07, 6.45) is 0. The van der Waals surface area contributed by atoms with Crippen LogP contribution in [0.3, 0.4) is 0 Å². The third-order valence-electron chi connectivity index (χ3n) is 3.42. The Kier molecular flexibility index (Phi) is 5.84. The number of hydrogen-bond donors (Lipinski definition) is 1. The van der Waals surface area contributed by atoms with E-state index in [4.69, 9.17) is 16.3 Å². The molecule has 0 heterocycles. The van der Waals surface area contributed by atoms with Crippen molar-refractivity contribution in [3.05, 3.63) is 64.7 Å². The molecule has 2 aromatic carbocycles. The summed E-state index contributed by atoms with van der Waals surface area (Å²) in [5, 5.41) is 3.39. The average molecular weight is 318 g/mol. The largest absolute Gasteiger partial charge is 0.482 e. The molecule has 0 aliphatic carbocycles. The van der Waals surface area contributed by atoms with Crippen molar-refractivity contribution in [1.29, 1.82) is 0 Å². The molecule has 22 heavy (non-hydrogen) atoms. The highest BCUT2D eigenvalue weighted by atomic mass is 35.5. The van der Waals surface area contributed by atoms with Crippen LogP contribution in [0.1, 0.15) is 24.0 Å². The number of hydrogen-bond acceptors (Lipinski definition) is 2. The fourth-order valence-electron chi connectivity index (χ4n) is 2.08. The summed E-state index contributed by atoms with van der Waals surface area (Å²) in [4.78, 5) is 11.9. The van der Waals surface area contributed by atoms with E-state index in [1.807, 2.05) is 37.3 Å². The van der Waals surface area contributed by atoms with Gasteiger partial charge in [0.15, 0.2) is 6.61 Å². The Morgan fingerprint density at radius 1 is 1.23 bits per heavy atom. The maximum Gasteiger partial charge on any atom is 0.257 e. The Balaban J connectivity index is 1.80. The van der Waals surface area contributed by atoms with Crippen LogP contribution in [0.15, 0.2) is 48.5 Å². The van der Waals surface area contributed by atoms with Gasteiger partial charge in [-0.25, -0.2) is 0 Å². The molecule has 116 valence electrons. The summed E-state index contributed by atoms with van der Waals surface area (Å²) in [6, 6.07) is 15.6. The van der Waals surface area contributed by atoms with E-state index in [0.717, 1.165) is 5.56 Å². The van der Waals surface area contributed by atoms with Crippen molar-refractivity contribution in [2.75, 3.05) is 13.2 Å². The predicted octanol–water partition coefficient (Wildman–Crippen LogP) is 3.95. The van der Waals surface area contributed by atoms with Crippen LogP contribution in [-0.4, -0.2) is 19.1 Å². The topological polar surface area (TPSA) is 38.3 Å². The molecule has 1 unspecified atom stereocenters. The molecule has 0 aliphatic heterocycles. The molecule has 2 aromatic rings. The number of benzene rings is 2. The number of amides is 1. The lowest BCUT2D eigenvalue weighted by Crippen LogP contribution is -2.31. The number of carbonyl (C=O) groups is 1. The molecule has 0 spiro atoms. The second-order valence-corrected chi connectivity index (χ2v) is 5.75. The first-order chi connectivity index (χ1) is 10.6. The molecule has 0 saturated carbocycles. The SMILES string of the molecule is Cc1ccc(Cl)c(OCC(=O)NCC(C)c2ccccc2)c1. The summed E-state index contributed by atoms with van der Waals surface area (Å²) < 4.78 is 5.47. The third kappa shape index (κ3) is 4.78. The van der Waals surface area contributed by atoms with Gasteiger partial charge in [-0.15, -0.1) is 0 Å². The van der Waals surface area contributed by atoms with Crippen LogP contribution in [0.25, 0.3) is 0 Å². The van der Waals surface area contributed by atoms with Gasteiger partial charge >= 0.3 is 0 Å². The summed E-state index contributed by atoms with van der Waals surface area (Å²) in [5.41, 5.74) is 2.24. The van der Waals surface area contributed by atoms with Gasteiger partial charge in [0, 0.05) is 6.54 Å². The highest BCUT2D eigenvalue weighted by Gasteiger charge is 2.09. The maximum absolute atomic E-state index is 11.9. The van der Waals surface area contributed by atoms with Gasteiger partial charge in [0.1, 0.15) is 5.75 Å². The molecule has 0 saturated heterocycles. The average Bonchev–Trinajstić information content (AvgIpc) is 2.54. The molecule has 0 fully saturated rings. The summed E-state index contributed by atoms with van der Waals surface area (Å²) in [6.45, 7) is 4.57. The second kappa shape index (κ2) is 7.85. The van der Waals surface area contributed by atoms with Gasteiger partial charge in [-0.1, -0.05) is 54.9 Å². The predicted molar refractivity (Wildman–Crippen MR) is 89.6 cm³/mol. The van der Waals surface area contributed by atoms with Crippen LogP contribution in [0.4, 0.5) is 0 Å². The Bertz CT molecular complexity index is 628. The molecule has 1 N–H and O–H groups in total. The van der Waals surface area contributed by atoms with Crippen molar-refractivity contribution >= 4 is 17.5 Å². The van der Waals surface area contributed by atoms with Gasteiger partial charge in [-0.2, -0.15) is 0 Å². The maximum atomic E-state index is 11.9. The van der Waals surface area contributed by atoms with E-state index in [1.54, 1.807) is 6.07 Å². The fourth-order valence-corrected chi connectivity index (χ4v) is 2.25. The van der Waals surface area contributed by atoms with Crippen LogP contribution in [0.2, 0.25) is 5.02 Å². The van der Waals surface area contributed by atoms with Gasteiger partial charge in [0.25, 0.3) is 5.91 Å². The number of aryl methyl sites for hydroxylation is 1. The standard InChI is InChI=1S/C18H20ClNO2/c1-13-8-9-16(19)17(10-13)22-12-18(21)20-11-14(2)15-6-4-3-5-7-15/h3-10,14H,11-12H2,1-2H3,(H,20,21). The van der Waals surface area contributed by atoms with E-state index < -0.39 is 0 Å². The van der Waals surface area contributed by atoms with Gasteiger partial charge < -0.3 is 10.1 Å². The zero-order valence-electron chi connectivity index (χ0n) is 12.8. The van der Waals surface area contributed by atoms with E-state index in [9.17, 15) is 4.79 Å². The van der Waals surface area contributed by atoms with E-state index in [0.29, 0.717) is 17.3 Å². The first-order valence-electron chi connectivity index (χ1n) is 7.27. The first-order valence-corrected chi connectivity index (χ1v) is 7.64. The van der Waals surface area contributed by atoms with Crippen molar-refractivity contribution in [1.82, 2.24) is 5.32 Å². The number of ether oxygens (including phenoxy) is 1. The van der Waals surface area contributed by atoms with E-state index >= 15 is 0 Å². The normalized spacial score (nSPS) is 11.8. The minimum Gasteiger partial charge on any atom is -0.482 e. The van der Waals surface area contributed by atoms with Gasteiger partial charge in [0.2, 0.25) is 0 Å². The highest BCUT2D eigenvalue weighted by Crippen LogP contribution is 2.25. The molecular formula is C18H20ClNO2. The molecule has 3 nitrogen and oxygen atoms in total. The molecule has 0 radical (unpaired) electrons. The van der Waals surface area contributed by atoms with Gasteiger partial charge in [-0.3, -0.25) is 4.79 Å². The number of nitrogens with one attached hydrogen (secondary N) is 1. The van der Waals surface area contributed by atoms with Gasteiger partial charge in [-0.05, 0) is 36.1 Å². The molecule has 0 aliphatic rings. The Morgan fingerprint density at radius 2 is 1.95 bits per heavy atom. The molecule has 0 aromatic heterocycles. The zero-order valence-corrected chi connectivity index (χ0v) is 13.6.